The zero-order valence-electron chi connectivity index (χ0n) is 10.0. The predicted octanol–water partition coefficient (Wildman–Crippen LogP) is 2.28. The fraction of sp³-hybridized carbons (Fsp3) is 0.583. The number of rotatable bonds is 3. The molecule has 3 nitrogen and oxygen atoms in total. The van der Waals surface area contributed by atoms with Gasteiger partial charge in [-0.05, 0) is 18.6 Å². The minimum Gasteiger partial charge on any atom is -0.344 e. The fourth-order valence-electron chi connectivity index (χ4n) is 2.46. The number of hydrogen-bond acceptors (Lipinski definition) is 2. The van der Waals surface area contributed by atoms with Crippen LogP contribution in [0.5, 0.6) is 0 Å². The van der Waals surface area contributed by atoms with E-state index in [4.69, 9.17) is 5.26 Å². The van der Waals surface area contributed by atoms with Crippen molar-refractivity contribution in [3.63, 3.8) is 0 Å². The van der Waals surface area contributed by atoms with E-state index >= 15 is 0 Å². The molecule has 1 fully saturated rings. The van der Waals surface area contributed by atoms with Crippen LogP contribution in [-0.2, 0) is 5.54 Å². The average molecular weight is 257 g/mol. The third-order valence-corrected chi connectivity index (χ3v) is 3.24. The molecule has 0 amide bonds. The molecule has 18 heavy (non-hydrogen) atoms. The van der Waals surface area contributed by atoms with Gasteiger partial charge in [-0.3, -0.25) is 4.90 Å². The van der Waals surface area contributed by atoms with E-state index in [2.05, 4.69) is 6.07 Å². The van der Waals surface area contributed by atoms with Crippen molar-refractivity contribution in [2.45, 2.75) is 25.1 Å². The summed E-state index contributed by atoms with van der Waals surface area (Å²) >= 11 is 0. The van der Waals surface area contributed by atoms with Crippen LogP contribution in [0.25, 0.3) is 0 Å². The molecule has 0 aromatic carbocycles. The maximum absolute atomic E-state index is 12.3. The number of nitriles is 1. The number of aromatic nitrogens is 1. The van der Waals surface area contributed by atoms with Gasteiger partial charge in [-0.2, -0.15) is 18.4 Å². The van der Waals surface area contributed by atoms with Gasteiger partial charge in [0.2, 0.25) is 0 Å². The Morgan fingerprint density at radius 1 is 1.44 bits per heavy atom. The summed E-state index contributed by atoms with van der Waals surface area (Å²) in [5, 5.41) is 8.85. The number of alkyl halides is 3. The second kappa shape index (κ2) is 4.32. The van der Waals surface area contributed by atoms with Crippen molar-refractivity contribution in [1.29, 1.82) is 5.26 Å². The SMILES string of the molecule is Cc1ccn(C2(CC#N)CN(CC(F)(F)F)C2)c1. The molecule has 1 saturated heterocycles. The highest BCUT2D eigenvalue weighted by Gasteiger charge is 2.47. The van der Waals surface area contributed by atoms with Crippen molar-refractivity contribution in [2.24, 2.45) is 0 Å². The summed E-state index contributed by atoms with van der Waals surface area (Å²) in [4.78, 5) is 1.33. The summed E-state index contributed by atoms with van der Waals surface area (Å²) in [6.45, 7) is 1.56. The molecule has 0 unspecified atom stereocenters. The topological polar surface area (TPSA) is 32.0 Å². The van der Waals surface area contributed by atoms with Gasteiger partial charge < -0.3 is 4.57 Å². The van der Waals surface area contributed by atoms with Crippen LogP contribution in [0.1, 0.15) is 12.0 Å². The van der Waals surface area contributed by atoms with Crippen LogP contribution >= 0.6 is 0 Å². The van der Waals surface area contributed by atoms with Crippen LogP contribution in [0.2, 0.25) is 0 Å². The normalized spacial score (nSPS) is 19.3. The van der Waals surface area contributed by atoms with E-state index < -0.39 is 18.3 Å². The van der Waals surface area contributed by atoms with Crippen molar-refractivity contribution in [1.82, 2.24) is 9.47 Å². The minimum atomic E-state index is -4.18. The molecule has 1 aromatic heterocycles. The number of nitrogens with zero attached hydrogens (tertiary/aromatic N) is 3. The number of likely N-dealkylation sites (tertiary alicyclic amines) is 1. The fourth-order valence-corrected chi connectivity index (χ4v) is 2.46. The summed E-state index contributed by atoms with van der Waals surface area (Å²) in [5.74, 6) is 0. The Bertz CT molecular complexity index is 464. The smallest absolute Gasteiger partial charge is 0.344 e. The van der Waals surface area contributed by atoms with Gasteiger partial charge in [0.05, 0.1) is 24.6 Å². The lowest BCUT2D eigenvalue weighted by molar-refractivity contribution is -0.166. The van der Waals surface area contributed by atoms with Crippen LogP contribution in [-0.4, -0.2) is 35.3 Å². The van der Waals surface area contributed by atoms with Crippen molar-refractivity contribution in [3.05, 3.63) is 24.0 Å². The van der Waals surface area contributed by atoms with Crippen LogP contribution in [0.4, 0.5) is 13.2 Å². The molecule has 98 valence electrons. The summed E-state index contributed by atoms with van der Waals surface area (Å²) in [7, 11) is 0. The van der Waals surface area contributed by atoms with E-state index in [-0.39, 0.29) is 19.5 Å². The Labute approximate surface area is 103 Å². The summed E-state index contributed by atoms with van der Waals surface area (Å²) in [6.07, 6.45) is -0.235. The molecule has 0 saturated carbocycles. The van der Waals surface area contributed by atoms with Gasteiger partial charge in [-0.15, -0.1) is 0 Å². The Balaban J connectivity index is 2.08. The van der Waals surface area contributed by atoms with Crippen LogP contribution in [0, 0.1) is 18.3 Å². The molecule has 0 spiro atoms. The summed E-state index contributed by atoms with van der Waals surface area (Å²) in [6, 6.07) is 3.97. The molecule has 0 bridgehead atoms. The molecular weight excluding hydrogens is 243 g/mol. The first-order chi connectivity index (χ1) is 8.35. The Morgan fingerprint density at radius 3 is 2.56 bits per heavy atom. The van der Waals surface area contributed by atoms with Gasteiger partial charge in [-0.25, -0.2) is 0 Å². The van der Waals surface area contributed by atoms with E-state index in [0.29, 0.717) is 0 Å². The third-order valence-electron chi connectivity index (χ3n) is 3.24. The maximum atomic E-state index is 12.3. The van der Waals surface area contributed by atoms with Crippen molar-refractivity contribution in [3.8, 4) is 6.07 Å². The Hall–Kier alpha value is -1.48. The van der Waals surface area contributed by atoms with Crippen molar-refractivity contribution in [2.75, 3.05) is 19.6 Å². The minimum absolute atomic E-state index is 0.232. The van der Waals surface area contributed by atoms with Gasteiger partial charge in [-0.1, -0.05) is 0 Å². The second-order valence-corrected chi connectivity index (χ2v) is 4.92. The second-order valence-electron chi connectivity index (χ2n) is 4.92. The summed E-state index contributed by atoms with van der Waals surface area (Å²) < 4.78 is 38.6. The zero-order chi connectivity index (χ0) is 13.4. The molecule has 0 aliphatic carbocycles. The Kier molecular flexibility index (Phi) is 3.11. The molecule has 6 heteroatoms. The molecular formula is C12H14F3N3. The number of halogens is 3. The van der Waals surface area contributed by atoms with E-state index in [1.807, 2.05) is 30.0 Å². The van der Waals surface area contributed by atoms with Gasteiger partial charge in [0.15, 0.2) is 0 Å². The molecule has 0 radical (unpaired) electrons. The molecule has 1 aliphatic heterocycles. The van der Waals surface area contributed by atoms with Gasteiger partial charge >= 0.3 is 6.18 Å². The lowest BCUT2D eigenvalue weighted by Crippen LogP contribution is -2.63. The summed E-state index contributed by atoms with van der Waals surface area (Å²) in [5.41, 5.74) is 0.551. The zero-order valence-corrected chi connectivity index (χ0v) is 10.0. The standard InChI is InChI=1S/C12H14F3N3/c1-10-2-5-18(6-10)11(3-4-16)7-17(8-11)9-12(13,14)15/h2,5-6H,3,7-9H2,1H3. The highest BCUT2D eigenvalue weighted by Crippen LogP contribution is 2.34. The van der Waals surface area contributed by atoms with Crippen molar-refractivity contribution >= 4 is 0 Å². The highest BCUT2D eigenvalue weighted by atomic mass is 19.4. The van der Waals surface area contributed by atoms with E-state index in [1.165, 1.54) is 4.90 Å². The molecule has 0 atom stereocenters. The third kappa shape index (κ3) is 2.51. The Morgan fingerprint density at radius 2 is 2.11 bits per heavy atom. The first kappa shape index (κ1) is 13.0. The van der Waals surface area contributed by atoms with Crippen LogP contribution in [0.15, 0.2) is 18.5 Å². The van der Waals surface area contributed by atoms with Crippen molar-refractivity contribution < 1.29 is 13.2 Å². The number of hydrogen-bond donors (Lipinski definition) is 0. The average Bonchev–Trinajstić information content (AvgIpc) is 2.59. The highest BCUT2D eigenvalue weighted by molar-refractivity contribution is 5.15. The van der Waals surface area contributed by atoms with Crippen LogP contribution in [0.3, 0.4) is 0 Å². The first-order valence-corrected chi connectivity index (χ1v) is 5.66. The van der Waals surface area contributed by atoms with Gasteiger partial charge in [0.1, 0.15) is 0 Å². The maximum Gasteiger partial charge on any atom is 0.401 e. The number of aryl methyl sites for hydroxylation is 1. The predicted molar refractivity (Wildman–Crippen MR) is 59.9 cm³/mol. The van der Waals surface area contributed by atoms with Crippen LogP contribution < -0.4 is 0 Å². The monoisotopic (exact) mass is 257 g/mol. The van der Waals surface area contributed by atoms with Gasteiger partial charge in [0.25, 0.3) is 0 Å². The molecule has 2 rings (SSSR count). The van der Waals surface area contributed by atoms with E-state index in [0.717, 1.165) is 5.56 Å². The largest absolute Gasteiger partial charge is 0.401 e. The molecule has 0 N–H and O–H groups in total. The quantitative estimate of drug-likeness (QED) is 0.832. The van der Waals surface area contributed by atoms with E-state index in [9.17, 15) is 13.2 Å². The molecule has 2 heterocycles. The van der Waals surface area contributed by atoms with E-state index in [1.54, 1.807) is 0 Å². The molecule has 1 aliphatic rings. The first-order valence-electron chi connectivity index (χ1n) is 5.66. The van der Waals surface area contributed by atoms with Gasteiger partial charge in [0, 0.05) is 25.5 Å². The lowest BCUT2D eigenvalue weighted by Gasteiger charge is -2.50. The lowest BCUT2D eigenvalue weighted by atomic mass is 9.86. The molecule has 1 aromatic rings.